The van der Waals surface area contributed by atoms with Gasteiger partial charge in [0.2, 0.25) is 0 Å². The molecule has 1 atom stereocenters. The summed E-state index contributed by atoms with van der Waals surface area (Å²) >= 11 is 1.31. The quantitative estimate of drug-likeness (QED) is 0.720. The second-order valence-corrected chi connectivity index (χ2v) is 8.18. The van der Waals surface area contributed by atoms with Gasteiger partial charge in [-0.2, -0.15) is 0 Å². The molecular formula is C22H28N2O3S. The van der Waals surface area contributed by atoms with Gasteiger partial charge in [0.15, 0.2) is 0 Å². The van der Waals surface area contributed by atoms with Crippen molar-refractivity contribution >= 4 is 17.7 Å². The fraction of sp³-hybridized carbons (Fsp3) is 0.455. The number of aliphatic hydroxyl groups excluding tert-OH is 1. The number of fused-ring (bicyclic) bond motifs is 1. The molecule has 2 heterocycles. The van der Waals surface area contributed by atoms with Crippen LogP contribution in [-0.2, 0) is 10.6 Å². The molecule has 2 aromatic carbocycles. The van der Waals surface area contributed by atoms with Crippen LogP contribution < -0.4 is 9.64 Å². The van der Waals surface area contributed by atoms with E-state index in [1.807, 2.05) is 18.2 Å². The number of aryl methyl sites for hydroxylation is 1. The van der Waals surface area contributed by atoms with E-state index in [2.05, 4.69) is 40.1 Å². The minimum Gasteiger partial charge on any atom is -0.492 e. The van der Waals surface area contributed by atoms with E-state index in [0.717, 1.165) is 56.3 Å². The van der Waals surface area contributed by atoms with Crippen molar-refractivity contribution in [3.8, 4) is 5.75 Å². The summed E-state index contributed by atoms with van der Waals surface area (Å²) in [5.74, 6) is 0.949. The number of aliphatic hydroxyl groups is 1. The van der Waals surface area contributed by atoms with E-state index in [1.165, 1.54) is 23.3 Å². The number of hydrogen-bond acceptors (Lipinski definition) is 6. The van der Waals surface area contributed by atoms with Crippen LogP contribution in [0.25, 0.3) is 0 Å². The first-order valence-electron chi connectivity index (χ1n) is 10.0. The van der Waals surface area contributed by atoms with E-state index in [4.69, 9.17) is 8.92 Å². The second-order valence-electron chi connectivity index (χ2n) is 7.34. The molecule has 2 aromatic rings. The maximum Gasteiger partial charge on any atom is 0.138 e. The van der Waals surface area contributed by atoms with Gasteiger partial charge < -0.3 is 18.9 Å². The number of para-hydroxylation sites is 2. The zero-order chi connectivity index (χ0) is 19.2. The Hall–Kier alpha value is -1.73. The van der Waals surface area contributed by atoms with Crippen LogP contribution in [0, 0.1) is 0 Å². The first kappa shape index (κ1) is 19.6. The maximum absolute atomic E-state index is 10.4. The summed E-state index contributed by atoms with van der Waals surface area (Å²) in [5.41, 5.74) is 2.52. The van der Waals surface area contributed by atoms with Crippen molar-refractivity contribution in [1.29, 1.82) is 0 Å². The summed E-state index contributed by atoms with van der Waals surface area (Å²) in [5, 5.41) is 10.4. The largest absolute Gasteiger partial charge is 0.492 e. The maximum atomic E-state index is 10.4. The van der Waals surface area contributed by atoms with Crippen molar-refractivity contribution in [2.24, 2.45) is 0 Å². The Kier molecular flexibility index (Phi) is 6.75. The van der Waals surface area contributed by atoms with Crippen molar-refractivity contribution in [3.05, 3.63) is 54.1 Å². The van der Waals surface area contributed by atoms with Crippen molar-refractivity contribution in [2.45, 2.75) is 23.8 Å². The van der Waals surface area contributed by atoms with E-state index < -0.39 is 6.10 Å². The summed E-state index contributed by atoms with van der Waals surface area (Å²) in [6.45, 7) is 5.61. The average molecular weight is 401 g/mol. The van der Waals surface area contributed by atoms with E-state index in [0.29, 0.717) is 13.2 Å². The molecule has 2 aliphatic rings. The summed E-state index contributed by atoms with van der Waals surface area (Å²) in [4.78, 5) is 5.71. The van der Waals surface area contributed by atoms with Crippen molar-refractivity contribution in [3.63, 3.8) is 0 Å². The lowest BCUT2D eigenvalue weighted by atomic mass is 10.1. The normalized spacial score (nSPS) is 18.4. The number of benzene rings is 2. The smallest absolute Gasteiger partial charge is 0.138 e. The Morgan fingerprint density at radius 3 is 2.68 bits per heavy atom. The minimum absolute atomic E-state index is 0.313. The molecule has 0 radical (unpaired) electrons. The van der Waals surface area contributed by atoms with Crippen LogP contribution in [0.1, 0.15) is 12.0 Å². The summed E-state index contributed by atoms with van der Waals surface area (Å²) in [6, 6.07) is 16.7. The molecule has 6 heteroatoms. The van der Waals surface area contributed by atoms with Gasteiger partial charge in [0.05, 0.1) is 24.2 Å². The van der Waals surface area contributed by atoms with Crippen molar-refractivity contribution in [2.75, 3.05) is 50.8 Å². The van der Waals surface area contributed by atoms with Gasteiger partial charge in [0.25, 0.3) is 0 Å². The van der Waals surface area contributed by atoms with Crippen LogP contribution in [0.4, 0.5) is 5.69 Å². The summed E-state index contributed by atoms with van der Waals surface area (Å²) < 4.78 is 11.5. The van der Waals surface area contributed by atoms with Crippen LogP contribution >= 0.6 is 12.0 Å². The topological polar surface area (TPSA) is 45.2 Å². The lowest BCUT2D eigenvalue weighted by Gasteiger charge is -2.36. The molecule has 0 bridgehead atoms. The number of piperazine rings is 1. The van der Waals surface area contributed by atoms with Gasteiger partial charge >= 0.3 is 0 Å². The summed E-state index contributed by atoms with van der Waals surface area (Å²) in [7, 11) is 0. The second kappa shape index (κ2) is 9.65. The zero-order valence-corrected chi connectivity index (χ0v) is 16.9. The highest BCUT2D eigenvalue weighted by molar-refractivity contribution is 7.94. The van der Waals surface area contributed by atoms with E-state index >= 15 is 0 Å². The Bertz CT molecular complexity index is 751. The molecule has 5 nitrogen and oxygen atoms in total. The molecule has 0 saturated carbocycles. The molecule has 1 N–H and O–H groups in total. The molecule has 1 unspecified atom stereocenters. The third kappa shape index (κ3) is 5.00. The molecule has 0 spiro atoms. The Balaban J connectivity index is 1.19. The number of β-amino-alcohol motifs (C(OH)–C–C–N with tert-alkyl or cyclic N) is 1. The van der Waals surface area contributed by atoms with Crippen LogP contribution in [0.5, 0.6) is 5.75 Å². The number of anilines is 1. The molecule has 0 amide bonds. The molecule has 4 rings (SSSR count). The predicted molar refractivity (Wildman–Crippen MR) is 113 cm³/mol. The van der Waals surface area contributed by atoms with Crippen LogP contribution in [-0.4, -0.2) is 62.0 Å². The average Bonchev–Trinajstić information content (AvgIpc) is 2.75. The Morgan fingerprint density at radius 2 is 1.86 bits per heavy atom. The van der Waals surface area contributed by atoms with Gasteiger partial charge in [-0.15, -0.1) is 0 Å². The molecule has 2 aliphatic heterocycles. The number of rotatable bonds is 7. The molecule has 28 heavy (non-hydrogen) atoms. The van der Waals surface area contributed by atoms with Gasteiger partial charge in [-0.1, -0.05) is 30.3 Å². The molecule has 1 fully saturated rings. The molecule has 1 saturated heterocycles. The van der Waals surface area contributed by atoms with Gasteiger partial charge in [-0.25, -0.2) is 0 Å². The molecule has 0 aromatic heterocycles. The first-order chi connectivity index (χ1) is 13.8. The Morgan fingerprint density at radius 1 is 1.04 bits per heavy atom. The highest BCUT2D eigenvalue weighted by atomic mass is 32.2. The zero-order valence-electron chi connectivity index (χ0n) is 16.1. The van der Waals surface area contributed by atoms with E-state index in [-0.39, 0.29) is 0 Å². The van der Waals surface area contributed by atoms with Gasteiger partial charge in [-0.3, -0.25) is 4.90 Å². The predicted octanol–water partition coefficient (Wildman–Crippen LogP) is 3.22. The monoisotopic (exact) mass is 400 g/mol. The third-order valence-corrected chi connectivity index (χ3v) is 6.02. The number of ether oxygens (including phenoxy) is 1. The summed E-state index contributed by atoms with van der Waals surface area (Å²) in [6.07, 6.45) is 1.63. The lowest BCUT2D eigenvalue weighted by Crippen LogP contribution is -2.49. The van der Waals surface area contributed by atoms with E-state index in [1.54, 1.807) is 0 Å². The third-order valence-electron chi connectivity index (χ3n) is 5.27. The van der Waals surface area contributed by atoms with Crippen molar-refractivity contribution < 1.29 is 14.0 Å². The lowest BCUT2D eigenvalue weighted by molar-refractivity contribution is 0.0733. The standard InChI is InChI=1S/C22H28N2O3S/c25-20(16-23-11-13-24(14-12-23)19-8-2-1-3-9-19)17-27-28-21-10-4-6-18-7-5-15-26-22(18)21/h1-4,6,8-10,20,25H,5,7,11-17H2. The number of hydrogen-bond donors (Lipinski definition) is 1. The van der Waals surface area contributed by atoms with Gasteiger partial charge in [0.1, 0.15) is 5.75 Å². The van der Waals surface area contributed by atoms with Gasteiger partial charge in [0, 0.05) is 50.5 Å². The molecule has 0 aliphatic carbocycles. The molecule has 150 valence electrons. The van der Waals surface area contributed by atoms with Crippen LogP contribution in [0.2, 0.25) is 0 Å². The fourth-order valence-corrected chi connectivity index (χ4v) is 4.53. The SMILES string of the molecule is OC(COSc1cccc2c1OCCC2)CN1CCN(c2ccccc2)CC1. The highest BCUT2D eigenvalue weighted by Gasteiger charge is 2.20. The minimum atomic E-state index is -0.490. The highest BCUT2D eigenvalue weighted by Crippen LogP contribution is 2.36. The first-order valence-corrected chi connectivity index (χ1v) is 10.8. The van der Waals surface area contributed by atoms with Crippen LogP contribution in [0.3, 0.4) is 0 Å². The molecular weight excluding hydrogens is 372 g/mol. The fourth-order valence-electron chi connectivity index (χ4n) is 3.78. The Labute approximate surface area is 171 Å². The van der Waals surface area contributed by atoms with E-state index in [9.17, 15) is 5.11 Å². The van der Waals surface area contributed by atoms with Gasteiger partial charge in [-0.05, 0) is 36.6 Å². The number of nitrogens with zero attached hydrogens (tertiary/aromatic N) is 2. The van der Waals surface area contributed by atoms with Crippen molar-refractivity contribution in [1.82, 2.24) is 4.90 Å². The van der Waals surface area contributed by atoms with Crippen LogP contribution in [0.15, 0.2) is 53.4 Å².